The molecule has 3 rings (SSSR count). The normalized spacial score (nSPS) is 19.2. The van der Waals surface area contributed by atoms with Gasteiger partial charge in [0.25, 0.3) is 5.91 Å². The lowest BCUT2D eigenvalue weighted by atomic mass is 10.1. The lowest BCUT2D eigenvalue weighted by Gasteiger charge is -2.32. The second-order valence-corrected chi connectivity index (χ2v) is 6.15. The summed E-state index contributed by atoms with van der Waals surface area (Å²) in [5.41, 5.74) is 0.742. The Balaban J connectivity index is 1.51. The van der Waals surface area contributed by atoms with E-state index in [0.29, 0.717) is 18.7 Å². The van der Waals surface area contributed by atoms with E-state index < -0.39 is 5.97 Å². The lowest BCUT2D eigenvalue weighted by molar-refractivity contribution is 0.00410. The molecule has 1 amide bonds. The summed E-state index contributed by atoms with van der Waals surface area (Å²) in [4.78, 5) is 25.1. The minimum Gasteiger partial charge on any atom is -0.478 e. The van der Waals surface area contributed by atoms with Crippen molar-refractivity contribution in [2.24, 2.45) is 5.92 Å². The molecular weight excluding hydrogens is 282 g/mol. The number of hydrogen-bond donors (Lipinski definition) is 1. The Morgan fingerprint density at radius 1 is 1.05 bits per heavy atom. The molecule has 1 N–H and O–H groups in total. The Hall–Kier alpha value is -1.88. The minimum absolute atomic E-state index is 0.0300. The molecule has 1 aliphatic heterocycles. The third-order valence-electron chi connectivity index (χ3n) is 4.37. The van der Waals surface area contributed by atoms with E-state index in [1.165, 1.54) is 25.0 Å². The van der Waals surface area contributed by atoms with Crippen molar-refractivity contribution in [2.45, 2.75) is 31.8 Å². The summed E-state index contributed by atoms with van der Waals surface area (Å²) >= 11 is 0. The number of benzene rings is 1. The maximum Gasteiger partial charge on any atom is 0.335 e. The van der Waals surface area contributed by atoms with E-state index in [4.69, 9.17) is 9.84 Å². The minimum atomic E-state index is -0.979. The van der Waals surface area contributed by atoms with Crippen LogP contribution >= 0.6 is 0 Å². The van der Waals surface area contributed by atoms with Crippen molar-refractivity contribution < 1.29 is 19.4 Å². The summed E-state index contributed by atoms with van der Waals surface area (Å²) in [6, 6.07) is 6.12. The number of carbonyl (C=O) groups excluding carboxylic acids is 1. The van der Waals surface area contributed by atoms with Gasteiger partial charge in [0.05, 0.1) is 11.7 Å². The average molecular weight is 303 g/mol. The molecule has 2 aliphatic rings. The molecule has 0 radical (unpaired) electrons. The number of nitrogens with zero attached hydrogens (tertiary/aromatic N) is 1. The standard InChI is InChI=1S/C17H21NO4/c19-16(13-3-5-14(6-4-13)17(20)21)18-9-7-15(8-10-18)22-11-12-1-2-12/h3-6,12,15H,1-2,7-11H2,(H,20,21). The molecule has 1 aromatic rings. The van der Waals surface area contributed by atoms with E-state index >= 15 is 0 Å². The quantitative estimate of drug-likeness (QED) is 0.907. The number of carboxylic acid groups (broad SMARTS) is 1. The second kappa shape index (κ2) is 6.48. The van der Waals surface area contributed by atoms with Gasteiger partial charge in [-0.05, 0) is 55.9 Å². The van der Waals surface area contributed by atoms with Gasteiger partial charge in [0.2, 0.25) is 0 Å². The molecule has 1 heterocycles. The van der Waals surface area contributed by atoms with Crippen LogP contribution in [0.5, 0.6) is 0 Å². The Labute approximate surface area is 129 Å². The van der Waals surface area contributed by atoms with E-state index in [2.05, 4.69) is 0 Å². The number of ether oxygens (including phenoxy) is 1. The maximum atomic E-state index is 12.4. The van der Waals surface area contributed by atoms with Crippen LogP contribution in [0.4, 0.5) is 0 Å². The van der Waals surface area contributed by atoms with Crippen molar-refractivity contribution in [2.75, 3.05) is 19.7 Å². The highest BCUT2D eigenvalue weighted by atomic mass is 16.5. The number of piperidine rings is 1. The highest BCUT2D eigenvalue weighted by Crippen LogP contribution is 2.30. The van der Waals surface area contributed by atoms with Gasteiger partial charge in [0.15, 0.2) is 0 Å². The SMILES string of the molecule is O=C(O)c1ccc(C(=O)N2CCC(OCC3CC3)CC2)cc1. The van der Waals surface area contributed by atoms with Crippen molar-refractivity contribution in [3.8, 4) is 0 Å². The number of likely N-dealkylation sites (tertiary alicyclic amines) is 1. The van der Waals surface area contributed by atoms with Gasteiger partial charge < -0.3 is 14.7 Å². The van der Waals surface area contributed by atoms with Crippen LogP contribution in [0.3, 0.4) is 0 Å². The zero-order chi connectivity index (χ0) is 15.5. The predicted octanol–water partition coefficient (Wildman–Crippen LogP) is 2.42. The number of carboxylic acids is 1. The number of rotatable bonds is 5. The fourth-order valence-electron chi connectivity index (χ4n) is 2.72. The molecule has 2 fully saturated rings. The highest BCUT2D eigenvalue weighted by molar-refractivity contribution is 5.95. The largest absolute Gasteiger partial charge is 0.478 e. The van der Waals surface area contributed by atoms with Crippen molar-refractivity contribution in [3.63, 3.8) is 0 Å². The van der Waals surface area contributed by atoms with Crippen LogP contribution in [0, 0.1) is 5.92 Å². The topological polar surface area (TPSA) is 66.8 Å². The first kappa shape index (κ1) is 15.0. The van der Waals surface area contributed by atoms with E-state index in [9.17, 15) is 9.59 Å². The third-order valence-corrected chi connectivity index (χ3v) is 4.37. The van der Waals surface area contributed by atoms with Gasteiger partial charge in [-0.15, -0.1) is 0 Å². The molecule has 0 spiro atoms. The van der Waals surface area contributed by atoms with Gasteiger partial charge in [0.1, 0.15) is 0 Å². The lowest BCUT2D eigenvalue weighted by Crippen LogP contribution is -2.41. The van der Waals surface area contributed by atoms with Gasteiger partial charge in [-0.3, -0.25) is 4.79 Å². The van der Waals surface area contributed by atoms with E-state index in [-0.39, 0.29) is 17.6 Å². The number of hydrogen-bond acceptors (Lipinski definition) is 3. The molecular formula is C17H21NO4. The molecule has 0 bridgehead atoms. The second-order valence-electron chi connectivity index (χ2n) is 6.15. The molecule has 0 atom stereocenters. The number of aromatic carboxylic acids is 1. The van der Waals surface area contributed by atoms with Gasteiger partial charge in [-0.25, -0.2) is 4.79 Å². The molecule has 0 unspecified atom stereocenters. The molecule has 1 aliphatic carbocycles. The summed E-state index contributed by atoms with van der Waals surface area (Å²) in [5.74, 6) is -0.238. The Kier molecular flexibility index (Phi) is 4.43. The molecule has 5 heteroatoms. The number of carbonyl (C=O) groups is 2. The summed E-state index contributed by atoms with van der Waals surface area (Å²) in [5, 5.41) is 8.88. The van der Waals surface area contributed by atoms with Crippen LogP contribution in [0.2, 0.25) is 0 Å². The smallest absolute Gasteiger partial charge is 0.335 e. The van der Waals surface area contributed by atoms with Gasteiger partial charge in [-0.2, -0.15) is 0 Å². The first-order valence-electron chi connectivity index (χ1n) is 7.87. The van der Waals surface area contributed by atoms with E-state index in [0.717, 1.165) is 25.4 Å². The first-order chi connectivity index (χ1) is 10.6. The Morgan fingerprint density at radius 2 is 1.64 bits per heavy atom. The van der Waals surface area contributed by atoms with Crippen molar-refractivity contribution in [3.05, 3.63) is 35.4 Å². The summed E-state index contributed by atoms with van der Waals surface area (Å²) in [6.07, 6.45) is 4.63. The highest BCUT2D eigenvalue weighted by Gasteiger charge is 2.27. The van der Waals surface area contributed by atoms with Gasteiger partial charge >= 0.3 is 5.97 Å². The van der Waals surface area contributed by atoms with Crippen molar-refractivity contribution in [1.82, 2.24) is 4.90 Å². The summed E-state index contributed by atoms with van der Waals surface area (Å²) in [6.45, 7) is 2.28. The molecule has 0 aromatic heterocycles. The fourth-order valence-corrected chi connectivity index (χ4v) is 2.72. The molecule has 1 saturated heterocycles. The van der Waals surface area contributed by atoms with Crippen molar-refractivity contribution >= 4 is 11.9 Å². The van der Waals surface area contributed by atoms with Crippen LogP contribution in [0.1, 0.15) is 46.4 Å². The molecule has 1 saturated carbocycles. The van der Waals surface area contributed by atoms with Crippen LogP contribution in [-0.2, 0) is 4.74 Å². The van der Waals surface area contributed by atoms with Crippen LogP contribution in [0.15, 0.2) is 24.3 Å². The average Bonchev–Trinajstić information content (AvgIpc) is 3.37. The summed E-state index contributed by atoms with van der Waals surface area (Å²) < 4.78 is 5.88. The van der Waals surface area contributed by atoms with Crippen molar-refractivity contribution in [1.29, 1.82) is 0 Å². The van der Waals surface area contributed by atoms with Crippen LogP contribution < -0.4 is 0 Å². The molecule has 22 heavy (non-hydrogen) atoms. The van der Waals surface area contributed by atoms with Gasteiger partial charge in [-0.1, -0.05) is 0 Å². The maximum absolute atomic E-state index is 12.4. The van der Waals surface area contributed by atoms with Gasteiger partial charge in [0, 0.05) is 25.3 Å². The van der Waals surface area contributed by atoms with Crippen LogP contribution in [-0.4, -0.2) is 47.7 Å². The number of amides is 1. The monoisotopic (exact) mass is 303 g/mol. The zero-order valence-corrected chi connectivity index (χ0v) is 12.5. The predicted molar refractivity (Wildman–Crippen MR) is 81.0 cm³/mol. The zero-order valence-electron chi connectivity index (χ0n) is 12.5. The van der Waals surface area contributed by atoms with E-state index in [1.807, 2.05) is 4.90 Å². The molecule has 118 valence electrons. The molecule has 1 aromatic carbocycles. The summed E-state index contributed by atoms with van der Waals surface area (Å²) in [7, 11) is 0. The Morgan fingerprint density at radius 3 is 2.18 bits per heavy atom. The first-order valence-corrected chi connectivity index (χ1v) is 7.87. The molecule has 5 nitrogen and oxygen atoms in total. The fraction of sp³-hybridized carbons (Fsp3) is 0.529. The van der Waals surface area contributed by atoms with Crippen LogP contribution in [0.25, 0.3) is 0 Å². The van der Waals surface area contributed by atoms with E-state index in [1.54, 1.807) is 12.1 Å². The third kappa shape index (κ3) is 3.65. The Bertz CT molecular complexity index is 542.